The number of benzene rings is 5. The number of hydrogen-bond acceptors (Lipinski definition) is 3. The molecule has 5 rings (SSSR count). The zero-order valence-electron chi connectivity index (χ0n) is 20.5. The summed E-state index contributed by atoms with van der Waals surface area (Å²) in [7, 11) is 0. The highest BCUT2D eigenvalue weighted by molar-refractivity contribution is 5.96. The van der Waals surface area contributed by atoms with Crippen molar-refractivity contribution in [1.82, 2.24) is 0 Å². The lowest BCUT2D eigenvalue weighted by molar-refractivity contribution is -0.132. The zero-order valence-corrected chi connectivity index (χ0v) is 20.5. The van der Waals surface area contributed by atoms with Crippen molar-refractivity contribution in [3.8, 4) is 28.3 Å². The highest BCUT2D eigenvalue weighted by atomic mass is 16.4. The molecule has 0 aliphatic heterocycles. The normalized spacial score (nSPS) is 11.0. The lowest BCUT2D eigenvalue weighted by Crippen LogP contribution is -2.09. The lowest BCUT2D eigenvalue weighted by Gasteiger charge is -2.26. The lowest BCUT2D eigenvalue weighted by atomic mass is 10.0. The van der Waals surface area contributed by atoms with Gasteiger partial charge in [0.15, 0.2) is 0 Å². The SMILES string of the molecule is N#CC(=Cc1ccc(N(c2ccc(-c3ccccc3)cc2)c2ccc(-c3ccccc3)cc2)cc1)C(=O)O. The molecule has 0 atom stereocenters. The summed E-state index contributed by atoms with van der Waals surface area (Å²) >= 11 is 0. The first kappa shape index (κ1) is 24.3. The van der Waals surface area contributed by atoms with Crippen molar-refractivity contribution >= 4 is 29.1 Å². The minimum absolute atomic E-state index is 0.303. The standard InChI is InChI=1S/C34H24N2O2/c35-24-30(34(37)38)23-25-11-17-31(18-12-25)36(32-19-13-28(14-20-32)26-7-3-1-4-8-26)33-21-15-29(16-22-33)27-9-5-2-6-10-27/h1-23H,(H,37,38). The number of carbonyl (C=O) groups is 1. The van der Waals surface area contributed by atoms with E-state index < -0.39 is 5.97 Å². The van der Waals surface area contributed by atoms with Crippen LogP contribution in [-0.2, 0) is 4.79 Å². The van der Waals surface area contributed by atoms with Crippen LogP contribution in [0.15, 0.2) is 139 Å². The molecule has 0 heterocycles. The second kappa shape index (κ2) is 11.1. The maximum atomic E-state index is 11.2. The van der Waals surface area contributed by atoms with Gasteiger partial charge in [0.05, 0.1) is 0 Å². The number of hydrogen-bond donors (Lipinski definition) is 1. The summed E-state index contributed by atoms with van der Waals surface area (Å²) in [6.45, 7) is 0. The van der Waals surface area contributed by atoms with E-state index in [0.29, 0.717) is 5.56 Å². The third-order valence-corrected chi connectivity index (χ3v) is 6.28. The van der Waals surface area contributed by atoms with Crippen molar-refractivity contribution in [2.24, 2.45) is 0 Å². The fraction of sp³-hybridized carbons (Fsp3) is 0. The topological polar surface area (TPSA) is 64.3 Å². The number of aliphatic carboxylic acids is 1. The highest BCUT2D eigenvalue weighted by Gasteiger charge is 2.14. The van der Waals surface area contributed by atoms with Crippen LogP contribution >= 0.6 is 0 Å². The van der Waals surface area contributed by atoms with Gasteiger partial charge in [0.2, 0.25) is 0 Å². The first-order valence-electron chi connectivity index (χ1n) is 12.2. The summed E-state index contributed by atoms with van der Waals surface area (Å²) in [5, 5.41) is 18.3. The fourth-order valence-corrected chi connectivity index (χ4v) is 4.34. The largest absolute Gasteiger partial charge is 0.477 e. The van der Waals surface area contributed by atoms with Crippen LogP contribution in [0.5, 0.6) is 0 Å². The van der Waals surface area contributed by atoms with E-state index in [1.165, 1.54) is 6.08 Å². The van der Waals surface area contributed by atoms with Gasteiger partial charge in [-0.05, 0) is 70.3 Å². The molecule has 0 aromatic heterocycles. The summed E-state index contributed by atoms with van der Waals surface area (Å²) in [6.07, 6.45) is 1.37. The number of carboxylic acid groups (broad SMARTS) is 1. The Kier molecular flexibility index (Phi) is 7.11. The second-order valence-corrected chi connectivity index (χ2v) is 8.73. The molecule has 0 saturated carbocycles. The number of rotatable bonds is 7. The van der Waals surface area contributed by atoms with Crippen LogP contribution in [0.4, 0.5) is 17.1 Å². The second-order valence-electron chi connectivity index (χ2n) is 8.73. The van der Waals surface area contributed by atoms with E-state index in [2.05, 4.69) is 77.7 Å². The molecule has 0 radical (unpaired) electrons. The Bertz CT molecular complexity index is 1520. The average molecular weight is 493 g/mol. The van der Waals surface area contributed by atoms with Crippen LogP contribution in [0.3, 0.4) is 0 Å². The van der Waals surface area contributed by atoms with E-state index in [9.17, 15) is 9.90 Å². The minimum Gasteiger partial charge on any atom is -0.477 e. The van der Waals surface area contributed by atoms with Gasteiger partial charge in [-0.25, -0.2) is 4.79 Å². The molecule has 0 unspecified atom stereocenters. The monoisotopic (exact) mass is 492 g/mol. The van der Waals surface area contributed by atoms with E-state index in [1.807, 2.05) is 60.7 Å². The first-order valence-corrected chi connectivity index (χ1v) is 12.2. The van der Waals surface area contributed by atoms with Crippen LogP contribution in [0.25, 0.3) is 28.3 Å². The number of carboxylic acids is 1. The number of anilines is 3. The summed E-state index contributed by atoms with van der Waals surface area (Å²) in [4.78, 5) is 13.4. The van der Waals surface area contributed by atoms with Crippen LogP contribution in [0.2, 0.25) is 0 Å². The Morgan fingerprint density at radius 2 is 0.947 bits per heavy atom. The molecule has 0 bridgehead atoms. The van der Waals surface area contributed by atoms with Gasteiger partial charge < -0.3 is 10.0 Å². The molecule has 4 nitrogen and oxygen atoms in total. The zero-order chi connectivity index (χ0) is 26.3. The van der Waals surface area contributed by atoms with Crippen LogP contribution < -0.4 is 4.90 Å². The molecular weight excluding hydrogens is 468 g/mol. The first-order chi connectivity index (χ1) is 18.6. The van der Waals surface area contributed by atoms with Gasteiger partial charge in [0.1, 0.15) is 11.6 Å². The fourth-order valence-electron chi connectivity index (χ4n) is 4.34. The van der Waals surface area contributed by atoms with Crippen molar-refractivity contribution in [1.29, 1.82) is 5.26 Å². The van der Waals surface area contributed by atoms with Gasteiger partial charge in [-0.1, -0.05) is 97.1 Å². The summed E-state index contributed by atoms with van der Waals surface area (Å²) in [6, 6.07) is 46.6. The molecule has 38 heavy (non-hydrogen) atoms. The molecule has 0 amide bonds. The Morgan fingerprint density at radius 3 is 1.32 bits per heavy atom. The summed E-state index contributed by atoms with van der Waals surface area (Å²) in [5.74, 6) is -1.24. The minimum atomic E-state index is -1.24. The van der Waals surface area contributed by atoms with Crippen LogP contribution in [0.1, 0.15) is 5.56 Å². The van der Waals surface area contributed by atoms with E-state index >= 15 is 0 Å². The maximum Gasteiger partial charge on any atom is 0.346 e. The molecule has 0 spiro atoms. The Labute approximate surface area is 222 Å². The molecule has 5 aromatic rings. The van der Waals surface area contributed by atoms with Crippen molar-refractivity contribution in [2.45, 2.75) is 0 Å². The average Bonchev–Trinajstić information content (AvgIpc) is 2.98. The Hall–Kier alpha value is -5.40. The Balaban J connectivity index is 1.53. The van der Waals surface area contributed by atoms with E-state index in [0.717, 1.165) is 39.3 Å². The van der Waals surface area contributed by atoms with Gasteiger partial charge in [0.25, 0.3) is 0 Å². The van der Waals surface area contributed by atoms with Crippen molar-refractivity contribution in [3.05, 3.63) is 145 Å². The molecule has 4 heteroatoms. The van der Waals surface area contributed by atoms with E-state index in [4.69, 9.17) is 5.26 Å². The Morgan fingerprint density at radius 1 is 0.579 bits per heavy atom. The van der Waals surface area contributed by atoms with Gasteiger partial charge in [-0.2, -0.15) is 5.26 Å². The molecule has 0 aliphatic carbocycles. The smallest absolute Gasteiger partial charge is 0.346 e. The third-order valence-electron chi connectivity index (χ3n) is 6.28. The van der Waals surface area contributed by atoms with Gasteiger partial charge in [0, 0.05) is 17.1 Å². The van der Waals surface area contributed by atoms with Gasteiger partial charge in [-0.15, -0.1) is 0 Å². The van der Waals surface area contributed by atoms with E-state index in [-0.39, 0.29) is 5.57 Å². The highest BCUT2D eigenvalue weighted by Crippen LogP contribution is 2.36. The van der Waals surface area contributed by atoms with Crippen LogP contribution in [-0.4, -0.2) is 11.1 Å². The molecule has 0 saturated heterocycles. The molecule has 0 aliphatic rings. The predicted octanol–water partition coefficient (Wildman–Crippen LogP) is 8.48. The van der Waals surface area contributed by atoms with Gasteiger partial charge >= 0.3 is 5.97 Å². The molecule has 182 valence electrons. The predicted molar refractivity (Wildman–Crippen MR) is 153 cm³/mol. The molecule has 0 fully saturated rings. The van der Waals surface area contributed by atoms with Crippen LogP contribution in [0, 0.1) is 11.3 Å². The van der Waals surface area contributed by atoms with E-state index in [1.54, 1.807) is 6.07 Å². The maximum absolute atomic E-state index is 11.2. The molecule has 1 N–H and O–H groups in total. The van der Waals surface area contributed by atoms with Crippen molar-refractivity contribution < 1.29 is 9.90 Å². The third kappa shape index (κ3) is 5.38. The molecular formula is C34H24N2O2. The number of nitrogens with zero attached hydrogens (tertiary/aromatic N) is 2. The number of nitriles is 1. The summed E-state index contributed by atoms with van der Waals surface area (Å²) < 4.78 is 0. The van der Waals surface area contributed by atoms with Crippen molar-refractivity contribution in [3.63, 3.8) is 0 Å². The van der Waals surface area contributed by atoms with Gasteiger partial charge in [-0.3, -0.25) is 0 Å². The van der Waals surface area contributed by atoms with Crippen molar-refractivity contribution in [2.75, 3.05) is 4.90 Å². The quantitative estimate of drug-likeness (QED) is 0.183. The molecule has 5 aromatic carbocycles. The summed E-state index contributed by atoms with van der Waals surface area (Å²) in [5.41, 5.74) is 7.80.